The topological polar surface area (TPSA) is 89.0 Å². The van der Waals surface area contributed by atoms with Crippen LogP contribution < -0.4 is 14.4 Å². The second-order valence-electron chi connectivity index (χ2n) is 6.97. The van der Waals surface area contributed by atoms with Crippen molar-refractivity contribution in [3.05, 3.63) is 88.7 Å². The molecule has 0 spiro atoms. The van der Waals surface area contributed by atoms with E-state index in [-0.39, 0.29) is 22.6 Å². The molecule has 1 aliphatic rings. The first kappa shape index (κ1) is 21.4. The number of hydrogen-bond donors (Lipinski definition) is 1. The molecule has 0 radical (unpaired) electrons. The van der Waals surface area contributed by atoms with Gasteiger partial charge in [-0.3, -0.25) is 19.5 Å². The van der Waals surface area contributed by atoms with E-state index in [1.54, 1.807) is 66.9 Å². The molecule has 2 aromatic carbocycles. The molecule has 1 fully saturated rings. The Hall–Kier alpha value is -3.84. The van der Waals surface area contributed by atoms with Gasteiger partial charge in [0.25, 0.3) is 11.7 Å². The van der Waals surface area contributed by atoms with Crippen LogP contribution in [0.2, 0.25) is 5.02 Å². The summed E-state index contributed by atoms with van der Waals surface area (Å²) in [5, 5.41) is 11.6. The molecule has 1 atom stereocenters. The number of pyridine rings is 1. The van der Waals surface area contributed by atoms with Gasteiger partial charge in [0.05, 0.1) is 31.1 Å². The summed E-state index contributed by atoms with van der Waals surface area (Å²) in [6, 6.07) is 15.6. The quantitative estimate of drug-likeness (QED) is 0.352. The summed E-state index contributed by atoms with van der Waals surface area (Å²) in [4.78, 5) is 31.9. The number of carbonyl (C=O) groups excluding carboxylic acids is 2. The molecule has 0 aliphatic carbocycles. The Kier molecular flexibility index (Phi) is 5.83. The number of amides is 1. The predicted octanol–water partition coefficient (Wildman–Crippen LogP) is 4.38. The van der Waals surface area contributed by atoms with Gasteiger partial charge in [0.2, 0.25) is 0 Å². The summed E-state index contributed by atoms with van der Waals surface area (Å²) in [6.45, 7) is 0. The molecule has 1 aromatic heterocycles. The van der Waals surface area contributed by atoms with Crippen molar-refractivity contribution in [3.63, 3.8) is 0 Å². The summed E-state index contributed by atoms with van der Waals surface area (Å²) in [6.07, 6.45) is 1.56. The Morgan fingerprint density at radius 2 is 1.84 bits per heavy atom. The first-order valence-corrected chi connectivity index (χ1v) is 10.0. The van der Waals surface area contributed by atoms with Crippen molar-refractivity contribution in [3.8, 4) is 11.5 Å². The first-order chi connectivity index (χ1) is 15.5. The third-order valence-electron chi connectivity index (χ3n) is 5.16. The molecular formula is C24H19ClN2O5. The lowest BCUT2D eigenvalue weighted by Gasteiger charge is -2.24. The minimum Gasteiger partial charge on any atom is -0.507 e. The Bertz CT molecular complexity index is 1230. The van der Waals surface area contributed by atoms with Crippen LogP contribution in [0.4, 0.5) is 5.69 Å². The van der Waals surface area contributed by atoms with Crippen molar-refractivity contribution >= 4 is 34.7 Å². The number of methoxy groups -OCH3 is 2. The lowest BCUT2D eigenvalue weighted by atomic mass is 9.97. The molecule has 2 heterocycles. The number of rotatable bonds is 5. The van der Waals surface area contributed by atoms with Gasteiger partial charge >= 0.3 is 0 Å². The number of aliphatic hydroxyl groups is 1. The predicted molar refractivity (Wildman–Crippen MR) is 120 cm³/mol. The van der Waals surface area contributed by atoms with Gasteiger partial charge in [-0.1, -0.05) is 23.7 Å². The van der Waals surface area contributed by atoms with Crippen LogP contribution in [0.3, 0.4) is 0 Å². The van der Waals surface area contributed by atoms with Gasteiger partial charge in [-0.15, -0.1) is 0 Å². The summed E-state index contributed by atoms with van der Waals surface area (Å²) in [5.41, 5.74) is 0.979. The van der Waals surface area contributed by atoms with Crippen molar-refractivity contribution in [2.24, 2.45) is 0 Å². The fourth-order valence-electron chi connectivity index (χ4n) is 3.68. The second-order valence-corrected chi connectivity index (χ2v) is 7.41. The van der Waals surface area contributed by atoms with Gasteiger partial charge in [-0.25, -0.2) is 0 Å². The van der Waals surface area contributed by atoms with E-state index in [9.17, 15) is 14.7 Å². The van der Waals surface area contributed by atoms with Crippen LogP contribution in [0.25, 0.3) is 5.76 Å². The van der Waals surface area contributed by atoms with Crippen molar-refractivity contribution in [2.45, 2.75) is 6.04 Å². The molecule has 4 rings (SSSR count). The maximum absolute atomic E-state index is 13.2. The van der Waals surface area contributed by atoms with E-state index < -0.39 is 17.7 Å². The van der Waals surface area contributed by atoms with E-state index in [1.165, 1.54) is 19.1 Å². The Morgan fingerprint density at radius 3 is 2.50 bits per heavy atom. The van der Waals surface area contributed by atoms with Gasteiger partial charge in [-0.2, -0.15) is 0 Å². The number of benzene rings is 2. The van der Waals surface area contributed by atoms with Crippen LogP contribution in [-0.2, 0) is 9.59 Å². The highest BCUT2D eigenvalue weighted by Crippen LogP contribution is 2.43. The largest absolute Gasteiger partial charge is 0.507 e. The van der Waals surface area contributed by atoms with Crippen molar-refractivity contribution in [1.29, 1.82) is 0 Å². The fourth-order valence-corrected chi connectivity index (χ4v) is 3.87. The highest BCUT2D eigenvalue weighted by molar-refractivity contribution is 6.51. The molecule has 1 unspecified atom stereocenters. The minimum absolute atomic E-state index is 0.0999. The molecule has 1 saturated heterocycles. The van der Waals surface area contributed by atoms with E-state index in [1.807, 2.05) is 0 Å². The smallest absolute Gasteiger partial charge is 0.300 e. The number of carbonyl (C=O) groups is 2. The molecular weight excluding hydrogens is 432 g/mol. The molecule has 3 aromatic rings. The number of hydrogen-bond acceptors (Lipinski definition) is 6. The van der Waals surface area contributed by atoms with Crippen molar-refractivity contribution in [2.75, 3.05) is 19.1 Å². The van der Waals surface area contributed by atoms with E-state index >= 15 is 0 Å². The van der Waals surface area contributed by atoms with E-state index in [2.05, 4.69) is 4.98 Å². The molecule has 1 amide bonds. The van der Waals surface area contributed by atoms with Gasteiger partial charge in [0.15, 0.2) is 0 Å². The van der Waals surface area contributed by atoms with Crippen molar-refractivity contribution < 1.29 is 24.2 Å². The summed E-state index contributed by atoms with van der Waals surface area (Å²) >= 11 is 6.14. The van der Waals surface area contributed by atoms with Crippen LogP contribution in [0.15, 0.2) is 72.4 Å². The second kappa shape index (κ2) is 8.72. The zero-order valence-electron chi connectivity index (χ0n) is 17.3. The number of aliphatic hydroxyl groups excluding tert-OH is 1. The van der Waals surface area contributed by atoms with Crippen LogP contribution in [0.1, 0.15) is 17.3 Å². The number of ketones is 1. The van der Waals surface area contributed by atoms with Gasteiger partial charge < -0.3 is 14.6 Å². The van der Waals surface area contributed by atoms with E-state index in [0.29, 0.717) is 22.2 Å². The maximum Gasteiger partial charge on any atom is 0.300 e. The van der Waals surface area contributed by atoms with E-state index in [0.717, 1.165) is 0 Å². The number of Topliss-reactive ketones (excluding diaryl/α,β-unsaturated/α-hetero) is 1. The lowest BCUT2D eigenvalue weighted by Crippen LogP contribution is -2.29. The van der Waals surface area contributed by atoms with Crippen LogP contribution in [-0.4, -0.2) is 36.0 Å². The third kappa shape index (κ3) is 3.67. The maximum atomic E-state index is 13.2. The van der Waals surface area contributed by atoms with E-state index in [4.69, 9.17) is 21.1 Å². The summed E-state index contributed by atoms with van der Waals surface area (Å²) in [7, 11) is 2.94. The normalized spacial score (nSPS) is 17.5. The number of ether oxygens (including phenoxy) is 2. The zero-order valence-corrected chi connectivity index (χ0v) is 18.0. The highest BCUT2D eigenvalue weighted by Gasteiger charge is 2.47. The highest BCUT2D eigenvalue weighted by atomic mass is 35.5. The number of halogens is 1. The standard InChI is InChI=1S/C24H19ClN2O5/c1-31-16-9-10-17(19(13-16)32-2)22(28)20-21(18-8-3-4-11-26-18)27(24(30)23(20)29)15-7-5-6-14(25)12-15/h3-13,21,28H,1-2H3/b22-20-. The monoisotopic (exact) mass is 450 g/mol. The fraction of sp³-hybridized carbons (Fsp3) is 0.125. The Morgan fingerprint density at radius 1 is 1.03 bits per heavy atom. The molecule has 7 nitrogen and oxygen atoms in total. The molecule has 162 valence electrons. The molecule has 1 aliphatic heterocycles. The first-order valence-electron chi connectivity index (χ1n) is 9.66. The average Bonchev–Trinajstić information content (AvgIpc) is 3.09. The summed E-state index contributed by atoms with van der Waals surface area (Å²) in [5.74, 6) is -1.20. The lowest BCUT2D eigenvalue weighted by molar-refractivity contribution is -0.132. The van der Waals surface area contributed by atoms with Crippen LogP contribution in [0, 0.1) is 0 Å². The van der Waals surface area contributed by atoms with Gasteiger partial charge in [0.1, 0.15) is 23.3 Å². The molecule has 8 heteroatoms. The Labute approximate surface area is 189 Å². The average molecular weight is 451 g/mol. The molecule has 0 saturated carbocycles. The number of nitrogens with zero attached hydrogens (tertiary/aromatic N) is 2. The van der Waals surface area contributed by atoms with Crippen molar-refractivity contribution in [1.82, 2.24) is 4.98 Å². The molecule has 1 N–H and O–H groups in total. The van der Waals surface area contributed by atoms with Crippen LogP contribution in [0.5, 0.6) is 11.5 Å². The van der Waals surface area contributed by atoms with Gasteiger partial charge in [-0.05, 0) is 42.5 Å². The molecule has 32 heavy (non-hydrogen) atoms. The number of anilines is 1. The number of aromatic nitrogens is 1. The third-order valence-corrected chi connectivity index (χ3v) is 5.40. The van der Waals surface area contributed by atoms with Gasteiger partial charge in [0, 0.05) is 23.0 Å². The minimum atomic E-state index is -0.957. The summed E-state index contributed by atoms with van der Waals surface area (Å²) < 4.78 is 10.6. The molecule has 0 bridgehead atoms. The van der Waals surface area contributed by atoms with Crippen LogP contribution >= 0.6 is 11.6 Å². The SMILES string of the molecule is COc1ccc(/C(O)=C2/C(=O)C(=O)N(c3cccc(Cl)c3)C2c2ccccn2)c(OC)c1. The zero-order chi connectivity index (χ0) is 22.8. The Balaban J connectivity index is 1.96.